The first-order valence-corrected chi connectivity index (χ1v) is 14.0. The third kappa shape index (κ3) is 6.52. The molecule has 7 nitrogen and oxygen atoms in total. The summed E-state index contributed by atoms with van der Waals surface area (Å²) in [7, 11) is 3.21. The standard InChI is InChI=1S/C28H38N2O5S/c1-33-24-16-21(17-25(34-2)26(24)35-14-11-20-12-15-36-19-20)18-30(23-10-6-7-13-29-27(23)31)28(32)22-8-4-3-5-9-22/h12,15-17,19,22-23H,3-11,13-14,18H2,1-2H3,(H,29,31)/t23-/m0/s1. The Labute approximate surface area is 218 Å². The normalized spacial score (nSPS) is 18.7. The van der Waals surface area contributed by atoms with E-state index in [4.69, 9.17) is 14.2 Å². The van der Waals surface area contributed by atoms with E-state index in [1.807, 2.05) is 17.0 Å². The van der Waals surface area contributed by atoms with Crippen molar-refractivity contribution < 1.29 is 23.8 Å². The van der Waals surface area contributed by atoms with Gasteiger partial charge >= 0.3 is 0 Å². The van der Waals surface area contributed by atoms with Gasteiger partial charge in [0.15, 0.2) is 11.5 Å². The molecular weight excluding hydrogens is 476 g/mol. The number of carbonyl (C=O) groups excluding carboxylic acids is 2. The minimum Gasteiger partial charge on any atom is -0.493 e. The molecule has 2 aromatic rings. The van der Waals surface area contributed by atoms with E-state index in [0.717, 1.165) is 50.5 Å². The van der Waals surface area contributed by atoms with E-state index < -0.39 is 6.04 Å². The van der Waals surface area contributed by atoms with Crippen molar-refractivity contribution in [3.8, 4) is 17.2 Å². The fourth-order valence-electron chi connectivity index (χ4n) is 5.22. The molecule has 36 heavy (non-hydrogen) atoms. The van der Waals surface area contributed by atoms with Gasteiger partial charge in [-0.15, -0.1) is 0 Å². The van der Waals surface area contributed by atoms with Crippen molar-refractivity contribution in [1.82, 2.24) is 10.2 Å². The molecule has 2 aliphatic rings. The predicted octanol–water partition coefficient (Wildman–Crippen LogP) is 4.96. The first kappa shape index (κ1) is 26.3. The smallest absolute Gasteiger partial charge is 0.242 e. The average Bonchev–Trinajstić information content (AvgIpc) is 3.34. The number of carbonyl (C=O) groups is 2. The molecule has 1 aromatic heterocycles. The molecule has 196 valence electrons. The minimum atomic E-state index is -0.458. The van der Waals surface area contributed by atoms with Crippen LogP contribution in [-0.4, -0.2) is 50.1 Å². The van der Waals surface area contributed by atoms with Crippen LogP contribution in [0, 0.1) is 5.92 Å². The van der Waals surface area contributed by atoms with Crippen molar-refractivity contribution in [2.45, 2.75) is 70.4 Å². The predicted molar refractivity (Wildman–Crippen MR) is 141 cm³/mol. The lowest BCUT2D eigenvalue weighted by atomic mass is 9.87. The van der Waals surface area contributed by atoms with Crippen LogP contribution in [-0.2, 0) is 22.6 Å². The van der Waals surface area contributed by atoms with Crippen molar-refractivity contribution in [1.29, 1.82) is 0 Å². The summed E-state index contributed by atoms with van der Waals surface area (Å²) in [5.74, 6) is 1.69. The van der Waals surface area contributed by atoms with Gasteiger partial charge in [-0.05, 0) is 72.2 Å². The zero-order chi connectivity index (χ0) is 25.3. The van der Waals surface area contributed by atoms with Gasteiger partial charge in [0.2, 0.25) is 17.6 Å². The van der Waals surface area contributed by atoms with Crippen LogP contribution in [0.3, 0.4) is 0 Å². The summed E-state index contributed by atoms with van der Waals surface area (Å²) < 4.78 is 17.4. The highest BCUT2D eigenvalue weighted by Crippen LogP contribution is 2.39. The lowest BCUT2D eigenvalue weighted by Crippen LogP contribution is -2.50. The van der Waals surface area contributed by atoms with Gasteiger partial charge in [-0.1, -0.05) is 19.3 Å². The second-order valence-corrected chi connectivity index (χ2v) is 10.4. The number of hydrogen-bond acceptors (Lipinski definition) is 6. The third-order valence-electron chi connectivity index (χ3n) is 7.21. The second-order valence-electron chi connectivity index (χ2n) is 9.66. The Balaban J connectivity index is 1.57. The summed E-state index contributed by atoms with van der Waals surface area (Å²) in [6.45, 7) is 1.49. The third-order valence-corrected chi connectivity index (χ3v) is 7.94. The number of thiophene rings is 1. The van der Waals surface area contributed by atoms with Gasteiger partial charge in [0.1, 0.15) is 6.04 Å². The molecule has 0 unspecified atom stereocenters. The highest BCUT2D eigenvalue weighted by atomic mass is 32.1. The maximum absolute atomic E-state index is 13.7. The maximum Gasteiger partial charge on any atom is 0.242 e. The molecule has 1 atom stereocenters. The largest absolute Gasteiger partial charge is 0.493 e. The molecule has 1 N–H and O–H groups in total. The Bertz CT molecular complexity index is 978. The van der Waals surface area contributed by atoms with Crippen molar-refractivity contribution in [2.75, 3.05) is 27.4 Å². The van der Waals surface area contributed by atoms with Crippen LogP contribution in [0.15, 0.2) is 29.0 Å². The van der Waals surface area contributed by atoms with Crippen molar-refractivity contribution in [2.24, 2.45) is 5.92 Å². The van der Waals surface area contributed by atoms with Crippen molar-refractivity contribution >= 4 is 23.2 Å². The van der Waals surface area contributed by atoms with E-state index >= 15 is 0 Å². The van der Waals surface area contributed by atoms with Crippen molar-refractivity contribution in [3.63, 3.8) is 0 Å². The van der Waals surface area contributed by atoms with Gasteiger partial charge in [0, 0.05) is 25.4 Å². The number of nitrogens with zero attached hydrogens (tertiary/aromatic N) is 1. The summed E-state index contributed by atoms with van der Waals surface area (Å²) >= 11 is 1.67. The van der Waals surface area contributed by atoms with E-state index in [0.29, 0.717) is 43.4 Å². The first-order valence-electron chi connectivity index (χ1n) is 13.1. The maximum atomic E-state index is 13.7. The Morgan fingerprint density at radius 1 is 1.03 bits per heavy atom. The average molecular weight is 515 g/mol. The Morgan fingerprint density at radius 3 is 2.42 bits per heavy atom. The summed E-state index contributed by atoms with van der Waals surface area (Å²) in [5, 5.41) is 7.18. The van der Waals surface area contributed by atoms with Gasteiger partial charge < -0.3 is 24.4 Å². The summed E-state index contributed by atoms with van der Waals surface area (Å²) in [6, 6.07) is 5.43. The van der Waals surface area contributed by atoms with Crippen LogP contribution in [0.1, 0.15) is 62.5 Å². The van der Waals surface area contributed by atoms with Crippen LogP contribution in [0.25, 0.3) is 0 Å². The Hall–Kier alpha value is -2.74. The van der Waals surface area contributed by atoms with Crippen LogP contribution in [0.5, 0.6) is 17.2 Å². The van der Waals surface area contributed by atoms with Crippen LogP contribution in [0.2, 0.25) is 0 Å². The number of amides is 2. The number of hydrogen-bond donors (Lipinski definition) is 1. The monoisotopic (exact) mass is 514 g/mol. The number of methoxy groups -OCH3 is 2. The summed E-state index contributed by atoms with van der Waals surface area (Å²) in [6.07, 6.45) is 8.44. The van der Waals surface area contributed by atoms with Crippen LogP contribution >= 0.6 is 11.3 Å². The molecule has 4 rings (SSSR count). The molecule has 2 heterocycles. The molecule has 1 aromatic carbocycles. The summed E-state index contributed by atoms with van der Waals surface area (Å²) in [5.41, 5.74) is 2.09. The molecule has 2 fully saturated rings. The number of nitrogens with one attached hydrogen (secondary N) is 1. The number of ether oxygens (including phenoxy) is 3. The molecule has 1 aliphatic heterocycles. The SMILES string of the molecule is COc1cc(CN(C(=O)C2CCCCC2)[C@H]2CCCCNC2=O)cc(OC)c1OCCc1ccsc1. The molecule has 1 saturated heterocycles. The minimum absolute atomic E-state index is 0.0155. The van der Waals surface area contributed by atoms with E-state index in [1.54, 1.807) is 25.6 Å². The Morgan fingerprint density at radius 2 is 1.75 bits per heavy atom. The van der Waals surface area contributed by atoms with E-state index in [2.05, 4.69) is 22.1 Å². The van der Waals surface area contributed by atoms with Gasteiger partial charge in [0.05, 0.1) is 20.8 Å². The molecule has 0 bridgehead atoms. The lowest BCUT2D eigenvalue weighted by molar-refractivity contribution is -0.145. The summed E-state index contributed by atoms with van der Waals surface area (Å²) in [4.78, 5) is 28.5. The molecule has 8 heteroatoms. The highest BCUT2D eigenvalue weighted by molar-refractivity contribution is 7.07. The van der Waals surface area contributed by atoms with E-state index in [1.165, 1.54) is 12.0 Å². The zero-order valence-corrected chi connectivity index (χ0v) is 22.2. The molecule has 1 aliphatic carbocycles. The molecule has 0 spiro atoms. The van der Waals surface area contributed by atoms with Crippen molar-refractivity contribution in [3.05, 3.63) is 40.1 Å². The Kier molecular flexibility index (Phi) is 9.50. The molecule has 1 saturated carbocycles. The van der Waals surface area contributed by atoms with Gasteiger partial charge in [-0.3, -0.25) is 9.59 Å². The number of benzene rings is 1. The molecule has 0 radical (unpaired) electrons. The second kappa shape index (κ2) is 13.0. The van der Waals surface area contributed by atoms with E-state index in [9.17, 15) is 9.59 Å². The fraction of sp³-hybridized carbons (Fsp3) is 0.571. The van der Waals surface area contributed by atoms with Crippen LogP contribution < -0.4 is 19.5 Å². The van der Waals surface area contributed by atoms with Crippen LogP contribution in [0.4, 0.5) is 0 Å². The van der Waals surface area contributed by atoms with Gasteiger partial charge in [0.25, 0.3) is 0 Å². The number of rotatable bonds is 10. The van der Waals surface area contributed by atoms with Gasteiger partial charge in [-0.2, -0.15) is 11.3 Å². The highest BCUT2D eigenvalue weighted by Gasteiger charge is 2.35. The molecular formula is C28H38N2O5S. The zero-order valence-electron chi connectivity index (χ0n) is 21.4. The quantitative estimate of drug-likeness (QED) is 0.485. The molecule has 2 amide bonds. The lowest BCUT2D eigenvalue weighted by Gasteiger charge is -2.34. The van der Waals surface area contributed by atoms with E-state index in [-0.39, 0.29) is 17.7 Å². The topological polar surface area (TPSA) is 77.1 Å². The fourth-order valence-corrected chi connectivity index (χ4v) is 5.92. The first-order chi connectivity index (χ1) is 17.6. The van der Waals surface area contributed by atoms with Gasteiger partial charge in [-0.25, -0.2) is 0 Å².